The van der Waals surface area contributed by atoms with Crippen molar-refractivity contribution in [1.82, 2.24) is 0 Å². The predicted octanol–water partition coefficient (Wildman–Crippen LogP) is 1.50. The average Bonchev–Trinajstić information content (AvgIpc) is 2.17. The first kappa shape index (κ1) is 9.86. The molecule has 72 valence electrons. The number of ether oxygens (including phenoxy) is 2. The number of benzene rings is 1. The van der Waals surface area contributed by atoms with E-state index in [0.29, 0.717) is 11.5 Å². The Labute approximate surface area is 77.9 Å². The number of rotatable bonds is 3. The second kappa shape index (κ2) is 4.14. The van der Waals surface area contributed by atoms with Crippen LogP contribution in [-0.2, 0) is 6.61 Å². The Morgan fingerprint density at radius 3 is 2.38 bits per heavy atom. The maximum absolute atomic E-state index is 9.01. The van der Waals surface area contributed by atoms with Gasteiger partial charge in [-0.1, -0.05) is 6.07 Å². The van der Waals surface area contributed by atoms with Crippen molar-refractivity contribution in [3.8, 4) is 11.5 Å². The number of aliphatic hydroxyl groups is 1. The Morgan fingerprint density at radius 2 is 1.92 bits per heavy atom. The fraction of sp³-hybridized carbons (Fsp3) is 0.400. The number of hydrogen-bond acceptors (Lipinski definition) is 3. The van der Waals surface area contributed by atoms with E-state index in [1.54, 1.807) is 20.3 Å². The van der Waals surface area contributed by atoms with E-state index in [2.05, 4.69) is 0 Å². The summed E-state index contributed by atoms with van der Waals surface area (Å²) in [6, 6.07) is 3.62. The molecule has 0 amide bonds. The Bertz CT molecular complexity index is 294. The van der Waals surface area contributed by atoms with Crippen molar-refractivity contribution in [2.75, 3.05) is 14.2 Å². The van der Waals surface area contributed by atoms with Crippen molar-refractivity contribution in [2.24, 2.45) is 0 Å². The lowest BCUT2D eigenvalue weighted by Gasteiger charge is -2.12. The van der Waals surface area contributed by atoms with Gasteiger partial charge in [0, 0.05) is 5.56 Å². The van der Waals surface area contributed by atoms with Gasteiger partial charge in [0.25, 0.3) is 0 Å². The van der Waals surface area contributed by atoms with E-state index in [1.807, 2.05) is 13.0 Å². The molecule has 0 bridgehead atoms. The van der Waals surface area contributed by atoms with Crippen LogP contribution in [-0.4, -0.2) is 19.3 Å². The third-order valence-electron chi connectivity index (χ3n) is 2.08. The van der Waals surface area contributed by atoms with Crippen LogP contribution in [0.2, 0.25) is 0 Å². The van der Waals surface area contributed by atoms with Gasteiger partial charge in [-0.05, 0) is 18.6 Å². The molecule has 0 unspecified atom stereocenters. The van der Waals surface area contributed by atoms with Crippen LogP contribution in [0.4, 0.5) is 0 Å². The average molecular weight is 182 g/mol. The normalized spacial score (nSPS) is 9.85. The van der Waals surface area contributed by atoms with Gasteiger partial charge in [-0.15, -0.1) is 0 Å². The van der Waals surface area contributed by atoms with Crippen LogP contribution in [0.25, 0.3) is 0 Å². The van der Waals surface area contributed by atoms with Gasteiger partial charge in [0.15, 0.2) is 11.5 Å². The van der Waals surface area contributed by atoms with Crippen molar-refractivity contribution in [3.63, 3.8) is 0 Å². The van der Waals surface area contributed by atoms with Crippen LogP contribution < -0.4 is 9.47 Å². The molecule has 13 heavy (non-hydrogen) atoms. The van der Waals surface area contributed by atoms with Crippen molar-refractivity contribution in [1.29, 1.82) is 0 Å². The summed E-state index contributed by atoms with van der Waals surface area (Å²) in [4.78, 5) is 0. The van der Waals surface area contributed by atoms with E-state index < -0.39 is 0 Å². The summed E-state index contributed by atoms with van der Waals surface area (Å²) >= 11 is 0. The number of hydrogen-bond donors (Lipinski definition) is 1. The summed E-state index contributed by atoms with van der Waals surface area (Å²) in [5.74, 6) is 1.38. The molecule has 0 atom stereocenters. The summed E-state index contributed by atoms with van der Waals surface area (Å²) in [6.45, 7) is 1.92. The number of methoxy groups -OCH3 is 2. The highest BCUT2D eigenvalue weighted by Crippen LogP contribution is 2.32. The van der Waals surface area contributed by atoms with Crippen molar-refractivity contribution >= 4 is 0 Å². The summed E-state index contributed by atoms with van der Waals surface area (Å²) in [5, 5.41) is 9.01. The Morgan fingerprint density at radius 1 is 1.23 bits per heavy atom. The zero-order chi connectivity index (χ0) is 9.84. The van der Waals surface area contributed by atoms with E-state index in [-0.39, 0.29) is 6.61 Å². The summed E-state index contributed by atoms with van der Waals surface area (Å²) in [6.07, 6.45) is 0. The van der Waals surface area contributed by atoms with E-state index in [9.17, 15) is 0 Å². The highest BCUT2D eigenvalue weighted by atomic mass is 16.5. The fourth-order valence-electron chi connectivity index (χ4n) is 1.29. The lowest BCUT2D eigenvalue weighted by Crippen LogP contribution is -1.97. The van der Waals surface area contributed by atoms with Crippen LogP contribution in [0.3, 0.4) is 0 Å². The van der Waals surface area contributed by atoms with Gasteiger partial charge in [0.2, 0.25) is 0 Å². The smallest absolute Gasteiger partial charge is 0.163 e. The molecule has 0 aromatic heterocycles. The van der Waals surface area contributed by atoms with Crippen LogP contribution in [0.1, 0.15) is 11.1 Å². The molecule has 3 nitrogen and oxygen atoms in total. The van der Waals surface area contributed by atoms with E-state index >= 15 is 0 Å². The molecule has 0 aliphatic rings. The Kier molecular flexibility index (Phi) is 3.14. The molecular formula is C10H14O3. The number of aliphatic hydroxyl groups excluding tert-OH is 1. The first-order valence-corrected chi connectivity index (χ1v) is 4.06. The monoisotopic (exact) mass is 182 g/mol. The van der Waals surface area contributed by atoms with Crippen LogP contribution in [0.15, 0.2) is 12.1 Å². The fourth-order valence-corrected chi connectivity index (χ4v) is 1.29. The van der Waals surface area contributed by atoms with Gasteiger partial charge in [-0.25, -0.2) is 0 Å². The minimum Gasteiger partial charge on any atom is -0.493 e. The minimum atomic E-state index is 0.0200. The molecule has 0 saturated heterocycles. The maximum atomic E-state index is 9.01. The highest BCUT2D eigenvalue weighted by molar-refractivity contribution is 5.49. The topological polar surface area (TPSA) is 38.7 Å². The molecule has 0 saturated carbocycles. The molecular weight excluding hydrogens is 168 g/mol. The van der Waals surface area contributed by atoms with Crippen LogP contribution in [0, 0.1) is 6.92 Å². The SMILES string of the molecule is COc1ccc(CO)c(C)c1OC. The van der Waals surface area contributed by atoms with Gasteiger partial charge in [-0.3, -0.25) is 0 Å². The first-order chi connectivity index (χ1) is 6.24. The second-order valence-electron chi connectivity index (χ2n) is 2.74. The van der Waals surface area contributed by atoms with Gasteiger partial charge < -0.3 is 14.6 Å². The zero-order valence-electron chi connectivity index (χ0n) is 8.13. The second-order valence-corrected chi connectivity index (χ2v) is 2.74. The molecule has 0 heterocycles. The highest BCUT2D eigenvalue weighted by Gasteiger charge is 2.09. The maximum Gasteiger partial charge on any atom is 0.163 e. The summed E-state index contributed by atoms with van der Waals surface area (Å²) < 4.78 is 10.3. The van der Waals surface area contributed by atoms with Gasteiger partial charge >= 0.3 is 0 Å². The van der Waals surface area contributed by atoms with E-state index in [1.165, 1.54) is 0 Å². The molecule has 1 aromatic rings. The van der Waals surface area contributed by atoms with Gasteiger partial charge in [0.05, 0.1) is 20.8 Å². The molecule has 0 aliphatic heterocycles. The first-order valence-electron chi connectivity index (χ1n) is 4.06. The quantitative estimate of drug-likeness (QED) is 0.770. The van der Waals surface area contributed by atoms with Gasteiger partial charge in [-0.2, -0.15) is 0 Å². The zero-order valence-corrected chi connectivity index (χ0v) is 8.13. The predicted molar refractivity (Wildman–Crippen MR) is 50.2 cm³/mol. The molecule has 1 rings (SSSR count). The molecule has 0 aliphatic carbocycles. The summed E-state index contributed by atoms with van der Waals surface area (Å²) in [5.41, 5.74) is 1.78. The molecule has 0 spiro atoms. The molecule has 3 heteroatoms. The molecule has 0 fully saturated rings. The van der Waals surface area contributed by atoms with Crippen LogP contribution >= 0.6 is 0 Å². The molecule has 0 radical (unpaired) electrons. The minimum absolute atomic E-state index is 0.0200. The van der Waals surface area contributed by atoms with Crippen molar-refractivity contribution in [2.45, 2.75) is 13.5 Å². The van der Waals surface area contributed by atoms with E-state index in [4.69, 9.17) is 14.6 Å². The lowest BCUT2D eigenvalue weighted by atomic mass is 10.1. The largest absolute Gasteiger partial charge is 0.493 e. The van der Waals surface area contributed by atoms with Crippen LogP contribution in [0.5, 0.6) is 11.5 Å². The van der Waals surface area contributed by atoms with Crippen molar-refractivity contribution < 1.29 is 14.6 Å². The Balaban J connectivity index is 3.23. The van der Waals surface area contributed by atoms with E-state index in [0.717, 1.165) is 11.1 Å². The lowest BCUT2D eigenvalue weighted by molar-refractivity contribution is 0.279. The molecule has 1 N–H and O–H groups in total. The third-order valence-corrected chi connectivity index (χ3v) is 2.08. The summed E-state index contributed by atoms with van der Waals surface area (Å²) in [7, 11) is 3.18. The molecule has 1 aromatic carbocycles. The van der Waals surface area contributed by atoms with Crippen molar-refractivity contribution in [3.05, 3.63) is 23.3 Å². The Hall–Kier alpha value is -1.22. The standard InChI is InChI=1S/C10H14O3/c1-7-8(6-11)4-5-9(12-2)10(7)13-3/h4-5,11H,6H2,1-3H3. The third kappa shape index (κ3) is 1.75. The van der Waals surface area contributed by atoms with Gasteiger partial charge in [0.1, 0.15) is 0 Å².